The number of halogens is 6. The van der Waals surface area contributed by atoms with Crippen molar-refractivity contribution in [1.29, 1.82) is 0 Å². The summed E-state index contributed by atoms with van der Waals surface area (Å²) in [7, 11) is 0. The standard InChI is InChI=1S/C15H17F6N5O/c1-3-6-22-12-24-11(8-4-5-14(17,18)10(27)9(8)16)25-13(26-12)23-7(2)15(19,20)21/h10,27H,2-6H2,1H3,(H2,22,23,24,25,26)/t10-/m0/s1. The molecule has 0 fully saturated rings. The van der Waals surface area contributed by atoms with Gasteiger partial charge in [-0.1, -0.05) is 13.5 Å². The van der Waals surface area contributed by atoms with Gasteiger partial charge in [-0.2, -0.15) is 28.1 Å². The van der Waals surface area contributed by atoms with Gasteiger partial charge in [-0.15, -0.1) is 0 Å². The molecule has 1 aliphatic rings. The normalized spacial score (nSPS) is 19.8. The van der Waals surface area contributed by atoms with Crippen LogP contribution in [0.4, 0.5) is 38.2 Å². The Bertz CT molecular complexity index is 749. The third-order valence-electron chi connectivity index (χ3n) is 3.68. The Balaban J connectivity index is 2.45. The molecule has 0 unspecified atom stereocenters. The molecule has 0 radical (unpaired) electrons. The summed E-state index contributed by atoms with van der Waals surface area (Å²) in [6.45, 7) is 4.98. The van der Waals surface area contributed by atoms with Gasteiger partial charge < -0.3 is 15.7 Å². The van der Waals surface area contributed by atoms with Crippen molar-refractivity contribution >= 4 is 17.5 Å². The summed E-state index contributed by atoms with van der Waals surface area (Å²) >= 11 is 0. The molecule has 0 spiro atoms. The molecule has 27 heavy (non-hydrogen) atoms. The van der Waals surface area contributed by atoms with Crippen LogP contribution in [-0.2, 0) is 0 Å². The van der Waals surface area contributed by atoms with Crippen LogP contribution >= 0.6 is 0 Å². The van der Waals surface area contributed by atoms with Crippen molar-refractivity contribution in [3.8, 4) is 0 Å². The van der Waals surface area contributed by atoms with Gasteiger partial charge in [0.25, 0.3) is 5.92 Å². The fraction of sp³-hybridized carbons (Fsp3) is 0.533. The Kier molecular flexibility index (Phi) is 5.97. The minimum atomic E-state index is -4.78. The van der Waals surface area contributed by atoms with Gasteiger partial charge in [-0.25, -0.2) is 13.2 Å². The summed E-state index contributed by atoms with van der Waals surface area (Å²) in [4.78, 5) is 11.3. The largest absolute Gasteiger partial charge is 0.430 e. The molecule has 1 aliphatic carbocycles. The number of nitrogens with zero attached hydrogens (tertiary/aromatic N) is 3. The van der Waals surface area contributed by atoms with Crippen LogP contribution in [0.2, 0.25) is 0 Å². The molecule has 0 amide bonds. The maximum atomic E-state index is 14.2. The van der Waals surface area contributed by atoms with E-state index in [0.717, 1.165) is 0 Å². The van der Waals surface area contributed by atoms with Crippen molar-refractivity contribution in [2.45, 2.75) is 44.4 Å². The molecule has 0 saturated carbocycles. The highest BCUT2D eigenvalue weighted by Crippen LogP contribution is 2.41. The van der Waals surface area contributed by atoms with Crippen LogP contribution in [0.5, 0.6) is 0 Å². The third kappa shape index (κ3) is 4.87. The molecule has 6 nitrogen and oxygen atoms in total. The molecule has 2 rings (SSSR count). The van der Waals surface area contributed by atoms with Gasteiger partial charge in [0.15, 0.2) is 11.9 Å². The molecule has 0 aromatic carbocycles. The topological polar surface area (TPSA) is 83.0 Å². The molecule has 150 valence electrons. The van der Waals surface area contributed by atoms with Gasteiger partial charge in [0.2, 0.25) is 11.9 Å². The molecular weight excluding hydrogens is 380 g/mol. The number of nitrogens with one attached hydrogen (secondary N) is 2. The number of aliphatic hydroxyl groups is 1. The van der Waals surface area contributed by atoms with Crippen LogP contribution in [-0.4, -0.2) is 44.8 Å². The molecule has 1 heterocycles. The van der Waals surface area contributed by atoms with Crippen LogP contribution in [0.15, 0.2) is 18.1 Å². The highest BCUT2D eigenvalue weighted by atomic mass is 19.4. The van der Waals surface area contributed by atoms with Crippen molar-refractivity contribution in [2.24, 2.45) is 0 Å². The van der Waals surface area contributed by atoms with Crippen molar-refractivity contribution in [3.05, 3.63) is 23.9 Å². The molecule has 12 heteroatoms. The Morgan fingerprint density at radius 3 is 2.48 bits per heavy atom. The summed E-state index contributed by atoms with van der Waals surface area (Å²) in [6, 6.07) is 0. The molecule has 0 bridgehead atoms. The van der Waals surface area contributed by atoms with Gasteiger partial charge >= 0.3 is 6.18 Å². The van der Waals surface area contributed by atoms with E-state index in [1.54, 1.807) is 0 Å². The van der Waals surface area contributed by atoms with Crippen LogP contribution < -0.4 is 10.6 Å². The first-order valence-corrected chi connectivity index (χ1v) is 7.93. The Morgan fingerprint density at radius 2 is 1.89 bits per heavy atom. The Morgan fingerprint density at radius 1 is 1.26 bits per heavy atom. The highest BCUT2D eigenvalue weighted by Gasteiger charge is 2.46. The van der Waals surface area contributed by atoms with Crippen LogP contribution in [0.25, 0.3) is 5.57 Å². The number of allylic oxidation sites excluding steroid dienone is 2. The van der Waals surface area contributed by atoms with Crippen molar-refractivity contribution in [2.75, 3.05) is 17.2 Å². The first kappa shape index (κ1) is 20.9. The molecule has 1 atom stereocenters. The lowest BCUT2D eigenvalue weighted by atomic mass is 9.92. The lowest BCUT2D eigenvalue weighted by Crippen LogP contribution is -2.37. The van der Waals surface area contributed by atoms with Crippen LogP contribution in [0, 0.1) is 0 Å². The fourth-order valence-electron chi connectivity index (χ4n) is 2.21. The number of hydrogen-bond donors (Lipinski definition) is 3. The summed E-state index contributed by atoms with van der Waals surface area (Å²) in [5, 5.41) is 14.0. The molecule has 3 N–H and O–H groups in total. The second-order valence-electron chi connectivity index (χ2n) is 5.82. The number of rotatable bonds is 6. The predicted molar refractivity (Wildman–Crippen MR) is 85.6 cm³/mol. The zero-order valence-electron chi connectivity index (χ0n) is 14.2. The van der Waals surface area contributed by atoms with E-state index in [2.05, 4.69) is 26.8 Å². The highest BCUT2D eigenvalue weighted by molar-refractivity contribution is 5.66. The maximum absolute atomic E-state index is 14.2. The molecule has 0 saturated heterocycles. The van der Waals surface area contributed by atoms with Crippen molar-refractivity contribution in [1.82, 2.24) is 15.0 Å². The molecular formula is C15H17F6N5O. The second-order valence-corrected chi connectivity index (χ2v) is 5.82. The number of aromatic nitrogens is 3. The second kappa shape index (κ2) is 7.71. The predicted octanol–water partition coefficient (Wildman–Crippen LogP) is 3.65. The average molecular weight is 397 g/mol. The van der Waals surface area contributed by atoms with Gasteiger partial charge in [0, 0.05) is 18.5 Å². The minimum absolute atomic E-state index is 0.175. The lowest BCUT2D eigenvalue weighted by Gasteiger charge is -2.27. The SMILES string of the molecule is C=C(Nc1nc(NCCC)nc(C2=C(F)[C@H](O)C(F)(F)CC2)n1)C(F)(F)F. The average Bonchev–Trinajstić information content (AvgIpc) is 2.57. The summed E-state index contributed by atoms with van der Waals surface area (Å²) in [5.41, 5.74) is -1.79. The molecule has 1 aromatic heterocycles. The summed E-state index contributed by atoms with van der Waals surface area (Å²) in [5.74, 6) is -6.40. The Hall–Kier alpha value is -2.37. The van der Waals surface area contributed by atoms with Gasteiger partial charge in [0.05, 0.1) is 0 Å². The first-order chi connectivity index (χ1) is 12.5. The smallest absolute Gasteiger partial charge is 0.380 e. The fourth-order valence-corrected chi connectivity index (χ4v) is 2.21. The molecule has 0 aliphatic heterocycles. The van der Waals surface area contributed by atoms with E-state index in [4.69, 9.17) is 0 Å². The van der Waals surface area contributed by atoms with E-state index in [-0.39, 0.29) is 5.95 Å². The van der Waals surface area contributed by atoms with Gasteiger partial charge in [-0.05, 0) is 12.8 Å². The van der Waals surface area contributed by atoms with E-state index in [1.807, 2.05) is 12.2 Å². The zero-order chi connectivity index (χ0) is 20.4. The monoisotopic (exact) mass is 397 g/mol. The maximum Gasteiger partial charge on any atom is 0.430 e. The number of anilines is 2. The van der Waals surface area contributed by atoms with Crippen LogP contribution in [0.1, 0.15) is 32.0 Å². The van der Waals surface area contributed by atoms with Crippen molar-refractivity contribution < 1.29 is 31.4 Å². The van der Waals surface area contributed by atoms with E-state index in [1.165, 1.54) is 0 Å². The summed E-state index contributed by atoms with van der Waals surface area (Å²) < 4.78 is 79.0. The summed E-state index contributed by atoms with van der Waals surface area (Å²) in [6.07, 6.45) is -8.20. The van der Waals surface area contributed by atoms with Crippen LogP contribution in [0.3, 0.4) is 0 Å². The van der Waals surface area contributed by atoms with E-state index in [9.17, 15) is 31.4 Å². The van der Waals surface area contributed by atoms with Gasteiger partial charge in [0.1, 0.15) is 11.5 Å². The lowest BCUT2D eigenvalue weighted by molar-refractivity contribution is -0.107. The van der Waals surface area contributed by atoms with Gasteiger partial charge in [-0.3, -0.25) is 0 Å². The first-order valence-electron chi connectivity index (χ1n) is 7.93. The van der Waals surface area contributed by atoms with E-state index < -0.39 is 59.9 Å². The zero-order valence-corrected chi connectivity index (χ0v) is 14.2. The quantitative estimate of drug-likeness (QED) is 0.636. The van der Waals surface area contributed by atoms with Crippen molar-refractivity contribution in [3.63, 3.8) is 0 Å². The van der Waals surface area contributed by atoms with E-state index in [0.29, 0.717) is 13.0 Å². The number of alkyl halides is 5. The van der Waals surface area contributed by atoms with E-state index >= 15 is 0 Å². The molecule has 1 aromatic rings. The number of hydrogen-bond acceptors (Lipinski definition) is 6. The Labute approximate surface area is 150 Å². The number of aliphatic hydroxyl groups excluding tert-OH is 1. The minimum Gasteiger partial charge on any atom is -0.380 e. The third-order valence-corrected chi connectivity index (χ3v) is 3.68.